The lowest BCUT2D eigenvalue weighted by atomic mass is 9.97. The molecule has 2 aliphatic heterocycles. The van der Waals surface area contributed by atoms with Crippen molar-refractivity contribution in [3.8, 4) is 0 Å². The highest BCUT2D eigenvalue weighted by molar-refractivity contribution is 14.0. The summed E-state index contributed by atoms with van der Waals surface area (Å²) in [4.78, 5) is 17.9. The van der Waals surface area contributed by atoms with E-state index in [-0.39, 0.29) is 41.4 Å². The van der Waals surface area contributed by atoms with E-state index in [2.05, 4.69) is 27.4 Å². The monoisotopic (exact) mass is 467 g/mol. The van der Waals surface area contributed by atoms with Crippen molar-refractivity contribution in [3.05, 3.63) is 0 Å². The van der Waals surface area contributed by atoms with E-state index >= 15 is 0 Å². The number of nitrogens with one attached hydrogen (secondary N) is 2. The van der Waals surface area contributed by atoms with Crippen LogP contribution in [0.15, 0.2) is 4.99 Å². The number of amides is 1. The second kappa shape index (κ2) is 11.2. The first-order valence-corrected chi connectivity index (χ1v) is 9.12. The minimum Gasteiger partial charge on any atom is -0.373 e. The van der Waals surface area contributed by atoms with Gasteiger partial charge in [0.2, 0.25) is 5.91 Å². The maximum atomic E-state index is 11.3. The second-order valence-corrected chi connectivity index (χ2v) is 7.15. The van der Waals surface area contributed by atoms with Gasteiger partial charge in [0.1, 0.15) is 0 Å². The molecular formula is C17H34IN5O2. The number of nitrogens with zero attached hydrogens (tertiary/aromatic N) is 2. The number of aliphatic imine (C=N–C) groups is 1. The average Bonchev–Trinajstić information content (AvgIpc) is 3.01. The Kier molecular flexibility index (Phi) is 10.0. The van der Waals surface area contributed by atoms with Gasteiger partial charge in [-0.2, -0.15) is 0 Å². The Balaban J connectivity index is 0.00000312. The lowest BCUT2D eigenvalue weighted by molar-refractivity contribution is -0.123. The number of nitrogens with two attached hydrogens (primary N) is 1. The average molecular weight is 467 g/mol. The van der Waals surface area contributed by atoms with E-state index in [0.717, 1.165) is 77.4 Å². The summed E-state index contributed by atoms with van der Waals surface area (Å²) in [6.45, 7) is 7.48. The summed E-state index contributed by atoms with van der Waals surface area (Å²) in [7, 11) is 1.79. The third-order valence-corrected chi connectivity index (χ3v) is 5.01. The van der Waals surface area contributed by atoms with Gasteiger partial charge in [-0.15, -0.1) is 24.0 Å². The standard InChI is InChI=1S/C17H33N5O2.HI/c1-17(7-4-11-24-17)13-21-16(19-2)20-8-5-10-22-9-3-6-14(12-22)15(18)23;/h14H,3-13H2,1-2H3,(H2,18,23)(H2,19,20,21);1H. The molecule has 0 aromatic rings. The van der Waals surface area contributed by atoms with Crippen LogP contribution in [0.1, 0.15) is 39.0 Å². The van der Waals surface area contributed by atoms with Gasteiger partial charge in [0.25, 0.3) is 0 Å². The van der Waals surface area contributed by atoms with E-state index in [0.29, 0.717) is 0 Å². The van der Waals surface area contributed by atoms with E-state index in [4.69, 9.17) is 10.5 Å². The minimum atomic E-state index is -0.162. The van der Waals surface area contributed by atoms with Crippen LogP contribution in [0.2, 0.25) is 0 Å². The molecule has 0 aromatic carbocycles. The molecule has 0 spiro atoms. The Morgan fingerprint density at radius 2 is 2.20 bits per heavy atom. The molecule has 25 heavy (non-hydrogen) atoms. The summed E-state index contributed by atoms with van der Waals surface area (Å²) >= 11 is 0. The Morgan fingerprint density at radius 1 is 1.40 bits per heavy atom. The summed E-state index contributed by atoms with van der Waals surface area (Å²) in [6, 6.07) is 0. The third-order valence-electron chi connectivity index (χ3n) is 5.01. The number of hydrogen-bond acceptors (Lipinski definition) is 4. The van der Waals surface area contributed by atoms with Crippen LogP contribution in [0.25, 0.3) is 0 Å². The van der Waals surface area contributed by atoms with Crippen molar-refractivity contribution in [2.45, 2.75) is 44.6 Å². The fourth-order valence-electron chi connectivity index (χ4n) is 3.47. The third kappa shape index (κ3) is 7.65. The van der Waals surface area contributed by atoms with Crippen LogP contribution in [0, 0.1) is 5.92 Å². The summed E-state index contributed by atoms with van der Waals surface area (Å²) < 4.78 is 5.78. The van der Waals surface area contributed by atoms with Crippen LogP contribution in [0.4, 0.5) is 0 Å². The molecule has 2 unspecified atom stereocenters. The van der Waals surface area contributed by atoms with Crippen molar-refractivity contribution >= 4 is 35.8 Å². The maximum Gasteiger partial charge on any atom is 0.221 e. The van der Waals surface area contributed by atoms with E-state index in [1.165, 1.54) is 0 Å². The van der Waals surface area contributed by atoms with Crippen molar-refractivity contribution < 1.29 is 9.53 Å². The van der Waals surface area contributed by atoms with Crippen LogP contribution >= 0.6 is 24.0 Å². The number of hydrogen-bond donors (Lipinski definition) is 3. The van der Waals surface area contributed by atoms with Gasteiger partial charge < -0.3 is 26.0 Å². The van der Waals surface area contributed by atoms with Crippen molar-refractivity contribution in [3.63, 3.8) is 0 Å². The number of ether oxygens (including phenoxy) is 1. The number of primary amides is 1. The highest BCUT2D eigenvalue weighted by atomic mass is 127. The largest absolute Gasteiger partial charge is 0.373 e. The molecule has 0 saturated carbocycles. The first kappa shape index (κ1) is 22.4. The fraction of sp³-hybridized carbons (Fsp3) is 0.882. The predicted octanol–water partition coefficient (Wildman–Crippen LogP) is 0.926. The molecule has 0 radical (unpaired) electrons. The van der Waals surface area contributed by atoms with Gasteiger partial charge in [-0.25, -0.2) is 0 Å². The van der Waals surface area contributed by atoms with Gasteiger partial charge in [-0.3, -0.25) is 9.79 Å². The van der Waals surface area contributed by atoms with Crippen molar-refractivity contribution in [2.75, 3.05) is 46.4 Å². The second-order valence-electron chi connectivity index (χ2n) is 7.15. The quantitative estimate of drug-likeness (QED) is 0.224. The van der Waals surface area contributed by atoms with E-state index in [1.54, 1.807) is 7.05 Å². The Labute approximate surface area is 168 Å². The maximum absolute atomic E-state index is 11.3. The van der Waals surface area contributed by atoms with Crippen LogP contribution in [0.3, 0.4) is 0 Å². The Bertz CT molecular complexity index is 441. The van der Waals surface area contributed by atoms with Crippen LogP contribution in [-0.2, 0) is 9.53 Å². The number of piperidine rings is 1. The molecule has 0 aromatic heterocycles. The zero-order valence-corrected chi connectivity index (χ0v) is 17.9. The molecular weight excluding hydrogens is 433 g/mol. The number of guanidine groups is 1. The lowest BCUT2D eigenvalue weighted by Gasteiger charge is -2.31. The first-order valence-electron chi connectivity index (χ1n) is 9.12. The molecule has 7 nitrogen and oxygen atoms in total. The van der Waals surface area contributed by atoms with E-state index in [1.807, 2.05) is 0 Å². The predicted molar refractivity (Wildman–Crippen MR) is 111 cm³/mol. The van der Waals surface area contributed by atoms with E-state index in [9.17, 15) is 4.79 Å². The van der Waals surface area contributed by atoms with Crippen LogP contribution in [-0.4, -0.2) is 68.7 Å². The molecule has 2 aliphatic rings. The molecule has 2 fully saturated rings. The Hall–Kier alpha value is -0.610. The Morgan fingerprint density at radius 3 is 2.84 bits per heavy atom. The van der Waals surface area contributed by atoms with E-state index < -0.39 is 0 Å². The number of likely N-dealkylation sites (tertiary alicyclic amines) is 1. The van der Waals surface area contributed by atoms with Crippen molar-refractivity contribution in [1.82, 2.24) is 15.5 Å². The topological polar surface area (TPSA) is 92.0 Å². The minimum absolute atomic E-state index is 0. The van der Waals surface area contributed by atoms with Crippen molar-refractivity contribution in [2.24, 2.45) is 16.6 Å². The summed E-state index contributed by atoms with van der Waals surface area (Å²) in [5.74, 6) is 0.679. The van der Waals surface area contributed by atoms with Gasteiger partial charge >= 0.3 is 0 Å². The zero-order chi connectivity index (χ0) is 17.4. The first-order chi connectivity index (χ1) is 11.5. The highest BCUT2D eigenvalue weighted by Crippen LogP contribution is 2.23. The van der Waals surface area contributed by atoms with Crippen molar-refractivity contribution in [1.29, 1.82) is 0 Å². The summed E-state index contributed by atoms with van der Waals surface area (Å²) in [5.41, 5.74) is 5.35. The molecule has 0 bridgehead atoms. The summed E-state index contributed by atoms with van der Waals surface area (Å²) in [6.07, 6.45) is 5.23. The molecule has 1 amide bonds. The number of rotatable bonds is 7. The molecule has 146 valence electrons. The molecule has 8 heteroatoms. The number of carbonyl (C=O) groups is 1. The van der Waals surface area contributed by atoms with Gasteiger partial charge in [-0.1, -0.05) is 0 Å². The molecule has 4 N–H and O–H groups in total. The molecule has 2 atom stereocenters. The smallest absolute Gasteiger partial charge is 0.221 e. The zero-order valence-electron chi connectivity index (χ0n) is 15.6. The van der Waals surface area contributed by atoms with Gasteiger partial charge in [0.05, 0.1) is 11.5 Å². The molecule has 2 saturated heterocycles. The highest BCUT2D eigenvalue weighted by Gasteiger charge is 2.29. The SMILES string of the molecule is CN=C(NCCCN1CCCC(C(N)=O)C1)NCC1(C)CCCO1.I. The van der Waals surface area contributed by atoms with Crippen LogP contribution in [0.5, 0.6) is 0 Å². The normalized spacial score (nSPS) is 27.6. The van der Waals surface area contributed by atoms with Gasteiger partial charge in [-0.05, 0) is 52.1 Å². The van der Waals surface area contributed by atoms with Crippen LogP contribution < -0.4 is 16.4 Å². The lowest BCUT2D eigenvalue weighted by Crippen LogP contribution is -2.46. The number of carbonyl (C=O) groups excluding carboxylic acids is 1. The molecule has 0 aliphatic carbocycles. The van der Waals surface area contributed by atoms with Gasteiger partial charge in [0.15, 0.2) is 5.96 Å². The molecule has 2 heterocycles. The number of halogens is 1. The fourth-order valence-corrected chi connectivity index (χ4v) is 3.47. The van der Waals surface area contributed by atoms with Gasteiger partial charge in [0, 0.05) is 33.3 Å². The molecule has 2 rings (SSSR count). The summed E-state index contributed by atoms with van der Waals surface area (Å²) in [5, 5.41) is 6.70.